The molecule has 0 aliphatic heterocycles. The number of carbonyl (C=O) groups excluding carboxylic acids is 1. The molecule has 20 heavy (non-hydrogen) atoms. The molecular weight excluding hydrogens is 258 g/mol. The molecule has 1 fully saturated rings. The average molecular weight is 277 g/mol. The molecule has 1 amide bonds. The molecule has 2 rings (SSSR count). The fourth-order valence-corrected chi connectivity index (χ4v) is 2.79. The second-order valence-corrected chi connectivity index (χ2v) is 5.30. The van der Waals surface area contributed by atoms with Crippen LogP contribution in [0.3, 0.4) is 0 Å². The van der Waals surface area contributed by atoms with Gasteiger partial charge in [-0.25, -0.2) is 0 Å². The lowest BCUT2D eigenvalue weighted by atomic mass is 9.95. The standard InChI is InChI=1S/C14H19N3O3/c1-9-5-6-12(13(7-9)17(19)20)16-14(18)11-4-2-3-10(11)8-15/h5-7,10-11H,2-4,8,15H2,1H3,(H,16,18). The lowest BCUT2D eigenvalue weighted by molar-refractivity contribution is -0.384. The average Bonchev–Trinajstić information content (AvgIpc) is 2.89. The summed E-state index contributed by atoms with van der Waals surface area (Å²) >= 11 is 0. The van der Waals surface area contributed by atoms with Gasteiger partial charge in [0.15, 0.2) is 0 Å². The van der Waals surface area contributed by atoms with Crippen LogP contribution in [0.5, 0.6) is 0 Å². The van der Waals surface area contributed by atoms with E-state index in [9.17, 15) is 14.9 Å². The van der Waals surface area contributed by atoms with Gasteiger partial charge in [0.05, 0.1) is 4.92 Å². The summed E-state index contributed by atoms with van der Waals surface area (Å²) < 4.78 is 0. The topological polar surface area (TPSA) is 98.3 Å². The van der Waals surface area contributed by atoms with Crippen LogP contribution in [0.1, 0.15) is 24.8 Å². The van der Waals surface area contributed by atoms with Gasteiger partial charge < -0.3 is 11.1 Å². The highest BCUT2D eigenvalue weighted by atomic mass is 16.6. The first-order valence-electron chi connectivity index (χ1n) is 6.79. The molecule has 1 aliphatic carbocycles. The Hall–Kier alpha value is -1.95. The molecule has 0 bridgehead atoms. The van der Waals surface area contributed by atoms with Gasteiger partial charge in [0, 0.05) is 12.0 Å². The summed E-state index contributed by atoms with van der Waals surface area (Å²) in [5.41, 5.74) is 6.64. The highest BCUT2D eigenvalue weighted by Gasteiger charge is 2.32. The van der Waals surface area contributed by atoms with Crippen molar-refractivity contribution in [2.24, 2.45) is 17.6 Å². The van der Waals surface area contributed by atoms with Crippen molar-refractivity contribution < 1.29 is 9.72 Å². The second-order valence-electron chi connectivity index (χ2n) is 5.30. The van der Waals surface area contributed by atoms with Gasteiger partial charge in [-0.15, -0.1) is 0 Å². The van der Waals surface area contributed by atoms with Crippen LogP contribution in [0, 0.1) is 28.9 Å². The number of carbonyl (C=O) groups is 1. The van der Waals surface area contributed by atoms with Crippen LogP contribution in [0.4, 0.5) is 11.4 Å². The number of hydrogen-bond donors (Lipinski definition) is 2. The zero-order valence-electron chi connectivity index (χ0n) is 11.5. The molecule has 2 unspecified atom stereocenters. The molecule has 3 N–H and O–H groups in total. The van der Waals surface area contributed by atoms with E-state index < -0.39 is 4.92 Å². The van der Waals surface area contributed by atoms with Crippen molar-refractivity contribution in [2.75, 3.05) is 11.9 Å². The van der Waals surface area contributed by atoms with Gasteiger partial charge in [-0.3, -0.25) is 14.9 Å². The van der Waals surface area contributed by atoms with Crippen LogP contribution in [0.2, 0.25) is 0 Å². The molecule has 0 radical (unpaired) electrons. The third-order valence-electron chi connectivity index (χ3n) is 3.91. The maximum absolute atomic E-state index is 12.3. The Bertz CT molecular complexity index is 530. The predicted molar refractivity (Wildman–Crippen MR) is 76.3 cm³/mol. The number of anilines is 1. The summed E-state index contributed by atoms with van der Waals surface area (Å²) in [5, 5.41) is 13.7. The first kappa shape index (κ1) is 14.5. The molecule has 1 aromatic rings. The molecular formula is C14H19N3O3. The van der Waals surface area contributed by atoms with Gasteiger partial charge in [0.2, 0.25) is 5.91 Å². The van der Waals surface area contributed by atoms with E-state index in [4.69, 9.17) is 5.73 Å². The Morgan fingerprint density at radius 2 is 2.25 bits per heavy atom. The molecule has 6 nitrogen and oxygen atoms in total. The van der Waals surface area contributed by atoms with E-state index in [1.165, 1.54) is 6.07 Å². The summed E-state index contributed by atoms with van der Waals surface area (Å²) in [6.07, 6.45) is 2.73. The Morgan fingerprint density at radius 3 is 2.90 bits per heavy atom. The van der Waals surface area contributed by atoms with Gasteiger partial charge in [-0.2, -0.15) is 0 Å². The van der Waals surface area contributed by atoms with Crippen molar-refractivity contribution in [3.8, 4) is 0 Å². The van der Waals surface area contributed by atoms with E-state index in [-0.39, 0.29) is 29.1 Å². The Morgan fingerprint density at radius 1 is 1.50 bits per heavy atom. The quantitative estimate of drug-likeness (QED) is 0.651. The van der Waals surface area contributed by atoms with Crippen molar-refractivity contribution in [3.05, 3.63) is 33.9 Å². The van der Waals surface area contributed by atoms with E-state index in [2.05, 4.69) is 5.32 Å². The number of nitrogens with two attached hydrogens (primary N) is 1. The monoisotopic (exact) mass is 277 g/mol. The third-order valence-corrected chi connectivity index (χ3v) is 3.91. The second kappa shape index (κ2) is 6.00. The van der Waals surface area contributed by atoms with Gasteiger partial charge in [-0.1, -0.05) is 12.5 Å². The number of nitro benzene ring substituents is 1. The minimum atomic E-state index is -0.475. The fourth-order valence-electron chi connectivity index (χ4n) is 2.79. The third kappa shape index (κ3) is 2.96. The van der Waals surface area contributed by atoms with Crippen molar-refractivity contribution in [1.29, 1.82) is 0 Å². The molecule has 0 saturated heterocycles. The van der Waals surface area contributed by atoms with Gasteiger partial charge in [0.1, 0.15) is 5.69 Å². The maximum Gasteiger partial charge on any atom is 0.293 e. The lowest BCUT2D eigenvalue weighted by Gasteiger charge is -2.17. The number of aryl methyl sites for hydroxylation is 1. The summed E-state index contributed by atoms with van der Waals surface area (Å²) in [4.78, 5) is 22.8. The van der Waals surface area contributed by atoms with E-state index in [1.54, 1.807) is 19.1 Å². The van der Waals surface area contributed by atoms with Crippen molar-refractivity contribution >= 4 is 17.3 Å². The Balaban J connectivity index is 2.17. The largest absolute Gasteiger partial charge is 0.330 e. The molecule has 0 heterocycles. The summed E-state index contributed by atoms with van der Waals surface area (Å²) in [6, 6.07) is 4.79. The van der Waals surface area contributed by atoms with Crippen molar-refractivity contribution in [3.63, 3.8) is 0 Å². The number of amides is 1. The number of nitro groups is 1. The molecule has 0 aromatic heterocycles. The normalized spacial score (nSPS) is 21.7. The highest BCUT2D eigenvalue weighted by Crippen LogP contribution is 2.33. The van der Waals surface area contributed by atoms with Crippen LogP contribution >= 0.6 is 0 Å². The number of nitrogens with zero attached hydrogens (tertiary/aromatic N) is 1. The number of benzene rings is 1. The molecule has 108 valence electrons. The zero-order valence-corrected chi connectivity index (χ0v) is 11.5. The van der Waals surface area contributed by atoms with E-state index in [0.29, 0.717) is 6.54 Å². The zero-order chi connectivity index (χ0) is 14.7. The first-order valence-corrected chi connectivity index (χ1v) is 6.79. The lowest BCUT2D eigenvalue weighted by Crippen LogP contribution is -2.29. The van der Waals surface area contributed by atoms with Crippen LogP contribution < -0.4 is 11.1 Å². The van der Waals surface area contributed by atoms with Crippen LogP contribution in [0.25, 0.3) is 0 Å². The summed E-state index contributed by atoms with van der Waals surface area (Å²) in [7, 11) is 0. The van der Waals surface area contributed by atoms with Crippen molar-refractivity contribution in [2.45, 2.75) is 26.2 Å². The van der Waals surface area contributed by atoms with Crippen LogP contribution in [-0.4, -0.2) is 17.4 Å². The van der Waals surface area contributed by atoms with Gasteiger partial charge >= 0.3 is 0 Å². The smallest absolute Gasteiger partial charge is 0.293 e. The van der Waals surface area contributed by atoms with Crippen LogP contribution in [-0.2, 0) is 4.79 Å². The first-order chi connectivity index (χ1) is 9.52. The van der Waals surface area contributed by atoms with E-state index >= 15 is 0 Å². The van der Waals surface area contributed by atoms with Crippen LogP contribution in [0.15, 0.2) is 18.2 Å². The Labute approximate surface area is 117 Å². The number of rotatable bonds is 4. The summed E-state index contributed by atoms with van der Waals surface area (Å²) in [5.74, 6) is -0.120. The van der Waals surface area contributed by atoms with E-state index in [0.717, 1.165) is 24.8 Å². The predicted octanol–water partition coefficient (Wildman–Crippen LogP) is 2.22. The summed E-state index contributed by atoms with van der Waals surface area (Å²) in [6.45, 7) is 2.26. The Kier molecular flexibility index (Phi) is 4.34. The van der Waals surface area contributed by atoms with Gasteiger partial charge in [-0.05, 0) is 43.9 Å². The number of hydrogen-bond acceptors (Lipinski definition) is 4. The molecule has 0 spiro atoms. The fraction of sp³-hybridized carbons (Fsp3) is 0.500. The van der Waals surface area contributed by atoms with Gasteiger partial charge in [0.25, 0.3) is 5.69 Å². The molecule has 1 aromatic carbocycles. The molecule has 1 aliphatic rings. The number of nitrogens with one attached hydrogen (secondary N) is 1. The molecule has 1 saturated carbocycles. The van der Waals surface area contributed by atoms with Crippen molar-refractivity contribution in [1.82, 2.24) is 0 Å². The van der Waals surface area contributed by atoms with E-state index in [1.807, 2.05) is 0 Å². The minimum absolute atomic E-state index is 0.0688. The highest BCUT2D eigenvalue weighted by molar-refractivity contribution is 5.95. The maximum atomic E-state index is 12.3. The molecule has 6 heteroatoms. The minimum Gasteiger partial charge on any atom is -0.330 e. The SMILES string of the molecule is Cc1ccc(NC(=O)C2CCCC2CN)c([N+](=O)[O-])c1. The molecule has 2 atom stereocenters.